The largest absolute Gasteiger partial charge is 0.481 e. The Morgan fingerprint density at radius 1 is 1.25 bits per heavy atom. The fourth-order valence-electron chi connectivity index (χ4n) is 3.56. The first-order valence-electron chi connectivity index (χ1n) is 8.98. The lowest BCUT2D eigenvalue weighted by Gasteiger charge is -2.26. The highest BCUT2D eigenvalue weighted by molar-refractivity contribution is 5.66. The van der Waals surface area contributed by atoms with Crippen LogP contribution in [0.2, 0.25) is 0 Å². The van der Waals surface area contributed by atoms with Crippen LogP contribution in [0.1, 0.15) is 31.2 Å². The summed E-state index contributed by atoms with van der Waals surface area (Å²) in [5.74, 6) is -0.790. The van der Waals surface area contributed by atoms with Crippen LogP contribution in [0.5, 0.6) is 0 Å². The number of aliphatic carboxylic acids is 1. The van der Waals surface area contributed by atoms with Crippen LogP contribution in [0, 0.1) is 0 Å². The maximum atomic E-state index is 10.6. The average Bonchev–Trinajstić information content (AvgIpc) is 3.16. The van der Waals surface area contributed by atoms with Gasteiger partial charge in [-0.2, -0.15) is 5.10 Å². The quantitative estimate of drug-likeness (QED) is 0.802. The number of carbonyl (C=O) groups is 1. The molecule has 0 saturated carbocycles. The molecule has 7 nitrogen and oxygen atoms in total. The standard InChI is InChI=1S/C17H28N4O3/c22-17(23)4-8-21-12-15(10-18-21)11-20-7-3-9-24-16(14-20)13-19-5-1-2-6-19/h10,12,16H,1-9,11,13-14H2,(H,22,23)/t16-/m1/s1. The van der Waals surface area contributed by atoms with Crippen molar-refractivity contribution in [3.8, 4) is 0 Å². The van der Waals surface area contributed by atoms with Gasteiger partial charge in [0, 0.05) is 44.5 Å². The number of aryl methyl sites for hydroxylation is 1. The number of aromatic nitrogens is 2. The molecule has 1 aromatic heterocycles. The normalized spacial score (nSPS) is 23.4. The molecular formula is C17H28N4O3. The number of carboxylic acid groups (broad SMARTS) is 1. The van der Waals surface area contributed by atoms with Crippen molar-refractivity contribution in [3.63, 3.8) is 0 Å². The smallest absolute Gasteiger partial charge is 0.305 e. The van der Waals surface area contributed by atoms with Crippen molar-refractivity contribution in [2.45, 2.75) is 44.9 Å². The van der Waals surface area contributed by atoms with Crippen molar-refractivity contribution in [3.05, 3.63) is 18.0 Å². The van der Waals surface area contributed by atoms with E-state index in [1.54, 1.807) is 4.68 Å². The summed E-state index contributed by atoms with van der Waals surface area (Å²) in [7, 11) is 0. The van der Waals surface area contributed by atoms with E-state index < -0.39 is 5.97 Å². The maximum Gasteiger partial charge on any atom is 0.305 e. The van der Waals surface area contributed by atoms with E-state index in [1.807, 2.05) is 12.4 Å². The predicted molar refractivity (Wildman–Crippen MR) is 89.8 cm³/mol. The lowest BCUT2D eigenvalue weighted by Crippen LogP contribution is -2.39. The van der Waals surface area contributed by atoms with Gasteiger partial charge in [0.15, 0.2) is 0 Å². The molecule has 7 heteroatoms. The number of likely N-dealkylation sites (tertiary alicyclic amines) is 1. The minimum absolute atomic E-state index is 0.108. The Morgan fingerprint density at radius 2 is 2.04 bits per heavy atom. The Kier molecular flexibility index (Phi) is 6.23. The van der Waals surface area contributed by atoms with E-state index in [4.69, 9.17) is 9.84 Å². The first-order chi connectivity index (χ1) is 11.7. The molecule has 0 aromatic carbocycles. The fourth-order valence-corrected chi connectivity index (χ4v) is 3.56. The van der Waals surface area contributed by atoms with Crippen molar-refractivity contribution in [2.75, 3.05) is 39.3 Å². The number of rotatable bonds is 7. The molecule has 134 valence electrons. The van der Waals surface area contributed by atoms with Gasteiger partial charge in [-0.3, -0.25) is 14.4 Å². The monoisotopic (exact) mass is 336 g/mol. The number of ether oxygens (including phenoxy) is 1. The van der Waals surface area contributed by atoms with Gasteiger partial charge in [0.25, 0.3) is 0 Å². The van der Waals surface area contributed by atoms with Gasteiger partial charge in [0.05, 0.1) is 25.3 Å². The van der Waals surface area contributed by atoms with Gasteiger partial charge in [0.2, 0.25) is 0 Å². The Bertz CT molecular complexity index is 528. The van der Waals surface area contributed by atoms with Gasteiger partial charge in [-0.25, -0.2) is 0 Å². The van der Waals surface area contributed by atoms with Crippen LogP contribution >= 0.6 is 0 Å². The van der Waals surface area contributed by atoms with Crippen LogP contribution in [0.4, 0.5) is 0 Å². The van der Waals surface area contributed by atoms with Gasteiger partial charge >= 0.3 is 5.97 Å². The third kappa shape index (κ3) is 5.29. The van der Waals surface area contributed by atoms with Crippen LogP contribution in [0.25, 0.3) is 0 Å². The van der Waals surface area contributed by atoms with Gasteiger partial charge < -0.3 is 14.7 Å². The van der Waals surface area contributed by atoms with E-state index >= 15 is 0 Å². The topological polar surface area (TPSA) is 70.8 Å². The van der Waals surface area contributed by atoms with Crippen molar-refractivity contribution in [2.24, 2.45) is 0 Å². The first-order valence-corrected chi connectivity index (χ1v) is 8.98. The van der Waals surface area contributed by atoms with E-state index in [1.165, 1.54) is 25.9 Å². The molecule has 0 amide bonds. The van der Waals surface area contributed by atoms with Crippen molar-refractivity contribution in [1.82, 2.24) is 19.6 Å². The molecule has 2 saturated heterocycles. The zero-order valence-corrected chi connectivity index (χ0v) is 14.3. The van der Waals surface area contributed by atoms with E-state index in [0.29, 0.717) is 6.54 Å². The van der Waals surface area contributed by atoms with Crippen LogP contribution in [0.15, 0.2) is 12.4 Å². The van der Waals surface area contributed by atoms with Crippen molar-refractivity contribution < 1.29 is 14.6 Å². The lowest BCUT2D eigenvalue weighted by molar-refractivity contribution is -0.137. The summed E-state index contributed by atoms with van der Waals surface area (Å²) in [5.41, 5.74) is 1.14. The summed E-state index contributed by atoms with van der Waals surface area (Å²) in [5, 5.41) is 13.0. The fraction of sp³-hybridized carbons (Fsp3) is 0.765. The maximum absolute atomic E-state index is 10.6. The zero-order chi connectivity index (χ0) is 16.8. The summed E-state index contributed by atoms with van der Waals surface area (Å²) in [4.78, 5) is 15.6. The highest BCUT2D eigenvalue weighted by Gasteiger charge is 2.23. The molecule has 0 bridgehead atoms. The second-order valence-electron chi connectivity index (χ2n) is 6.84. The SMILES string of the molecule is O=C(O)CCn1cc(CN2CCCO[C@H](CN3CCCC3)C2)cn1. The average molecular weight is 336 g/mol. The molecule has 3 heterocycles. The highest BCUT2D eigenvalue weighted by atomic mass is 16.5. The number of nitrogens with zero attached hydrogens (tertiary/aromatic N) is 4. The second kappa shape index (κ2) is 8.60. The molecule has 0 unspecified atom stereocenters. The molecular weight excluding hydrogens is 308 g/mol. The lowest BCUT2D eigenvalue weighted by atomic mass is 10.2. The van der Waals surface area contributed by atoms with E-state index in [-0.39, 0.29) is 12.5 Å². The summed E-state index contributed by atoms with van der Waals surface area (Å²) in [6.45, 7) is 7.56. The van der Waals surface area contributed by atoms with Crippen LogP contribution in [-0.4, -0.2) is 76.1 Å². The van der Waals surface area contributed by atoms with Crippen LogP contribution < -0.4 is 0 Å². The van der Waals surface area contributed by atoms with Gasteiger partial charge in [-0.15, -0.1) is 0 Å². The molecule has 2 aliphatic rings. The van der Waals surface area contributed by atoms with E-state index in [9.17, 15) is 4.79 Å². The molecule has 1 atom stereocenters. The Hall–Kier alpha value is -1.44. The summed E-state index contributed by atoms with van der Waals surface area (Å²) in [6, 6.07) is 0. The molecule has 3 rings (SSSR count). The van der Waals surface area contributed by atoms with Crippen LogP contribution in [0.3, 0.4) is 0 Å². The second-order valence-corrected chi connectivity index (χ2v) is 6.84. The zero-order valence-electron chi connectivity index (χ0n) is 14.3. The van der Waals surface area contributed by atoms with E-state index in [2.05, 4.69) is 14.9 Å². The molecule has 0 aliphatic carbocycles. The summed E-state index contributed by atoms with van der Waals surface area (Å²) >= 11 is 0. The summed E-state index contributed by atoms with van der Waals surface area (Å²) < 4.78 is 7.76. The number of carboxylic acids is 1. The predicted octanol–water partition coefficient (Wildman–Crippen LogP) is 1.04. The van der Waals surface area contributed by atoms with Gasteiger partial charge in [-0.05, 0) is 32.4 Å². The third-order valence-electron chi connectivity index (χ3n) is 4.74. The molecule has 1 aromatic rings. The Morgan fingerprint density at radius 3 is 2.83 bits per heavy atom. The molecule has 24 heavy (non-hydrogen) atoms. The molecule has 2 fully saturated rings. The Balaban J connectivity index is 1.50. The first kappa shape index (κ1) is 17.4. The molecule has 2 aliphatic heterocycles. The van der Waals surface area contributed by atoms with Crippen LogP contribution in [-0.2, 0) is 22.6 Å². The third-order valence-corrected chi connectivity index (χ3v) is 4.74. The minimum Gasteiger partial charge on any atom is -0.481 e. The number of hydrogen-bond donors (Lipinski definition) is 1. The molecule has 1 N–H and O–H groups in total. The van der Waals surface area contributed by atoms with Crippen molar-refractivity contribution in [1.29, 1.82) is 0 Å². The van der Waals surface area contributed by atoms with Gasteiger partial charge in [-0.1, -0.05) is 0 Å². The molecule has 0 spiro atoms. The summed E-state index contributed by atoms with van der Waals surface area (Å²) in [6.07, 6.45) is 7.89. The van der Waals surface area contributed by atoms with Gasteiger partial charge in [0.1, 0.15) is 0 Å². The highest BCUT2D eigenvalue weighted by Crippen LogP contribution is 2.14. The van der Waals surface area contributed by atoms with E-state index in [0.717, 1.165) is 44.8 Å². The van der Waals surface area contributed by atoms with Crippen molar-refractivity contribution >= 4 is 5.97 Å². The number of hydrogen-bond acceptors (Lipinski definition) is 5. The molecule has 0 radical (unpaired) electrons. The minimum atomic E-state index is -0.790. The Labute approximate surface area is 143 Å².